The molecular formula is C9H12F2N4O. The van der Waals surface area contributed by atoms with Crippen molar-refractivity contribution < 1.29 is 13.6 Å². The Bertz CT molecular complexity index is 366. The Labute approximate surface area is 91.1 Å². The maximum absolute atomic E-state index is 12.7. The maximum atomic E-state index is 12.7. The van der Waals surface area contributed by atoms with E-state index in [1.54, 1.807) is 6.92 Å². The number of aryl methyl sites for hydroxylation is 1. The molecule has 16 heavy (non-hydrogen) atoms. The predicted octanol–water partition coefficient (Wildman–Crippen LogP) is 0.109. The summed E-state index contributed by atoms with van der Waals surface area (Å²) < 4.78 is 25.4. The molecule has 0 saturated carbocycles. The average Bonchev–Trinajstić information content (AvgIpc) is 2.27. The number of halogens is 2. The topological polar surface area (TPSA) is 80.9 Å². The van der Waals surface area contributed by atoms with Gasteiger partial charge in [-0.2, -0.15) is 0 Å². The Balaban J connectivity index is 2.56. The van der Waals surface area contributed by atoms with Crippen LogP contribution in [0.2, 0.25) is 0 Å². The highest BCUT2D eigenvalue weighted by Crippen LogP contribution is 2.08. The molecule has 1 aromatic rings. The van der Waals surface area contributed by atoms with E-state index in [4.69, 9.17) is 5.73 Å². The smallest absolute Gasteiger partial charge is 0.277 e. The molecule has 3 N–H and O–H groups in total. The number of carbonyl (C=O) groups excluding carboxylic acids is 1. The van der Waals surface area contributed by atoms with Gasteiger partial charge in [-0.05, 0) is 6.92 Å². The summed E-state index contributed by atoms with van der Waals surface area (Å²) in [6.07, 6.45) is 2.61. The lowest BCUT2D eigenvalue weighted by atomic mass is 10.3. The summed E-state index contributed by atoms with van der Waals surface area (Å²) in [5.74, 6) is -3.80. The number of nitrogens with one attached hydrogen (secondary N) is 1. The Morgan fingerprint density at radius 3 is 2.69 bits per heavy atom. The summed E-state index contributed by atoms with van der Waals surface area (Å²) in [5, 5.41) is 2.04. The van der Waals surface area contributed by atoms with E-state index in [9.17, 15) is 13.6 Å². The molecule has 0 radical (unpaired) electrons. The van der Waals surface area contributed by atoms with Gasteiger partial charge >= 0.3 is 0 Å². The molecule has 7 heteroatoms. The van der Waals surface area contributed by atoms with Gasteiger partial charge in [0.05, 0.1) is 25.0 Å². The van der Waals surface area contributed by atoms with Crippen LogP contribution in [0.1, 0.15) is 16.2 Å². The highest BCUT2D eigenvalue weighted by atomic mass is 19.3. The second-order valence-electron chi connectivity index (χ2n) is 3.29. The minimum absolute atomic E-state index is 0.00146. The molecule has 0 saturated heterocycles. The number of hydrogen-bond acceptors (Lipinski definition) is 4. The van der Waals surface area contributed by atoms with Crippen LogP contribution in [0.3, 0.4) is 0 Å². The Morgan fingerprint density at radius 2 is 2.19 bits per heavy atom. The predicted molar refractivity (Wildman–Crippen MR) is 53.1 cm³/mol. The van der Waals surface area contributed by atoms with E-state index in [2.05, 4.69) is 9.97 Å². The number of aromatic nitrogens is 2. The van der Waals surface area contributed by atoms with Crippen molar-refractivity contribution in [2.24, 2.45) is 5.73 Å². The SMILES string of the molecule is Cc1cnc(C(=O)NCC(F)(F)CN)cn1. The Morgan fingerprint density at radius 1 is 1.50 bits per heavy atom. The van der Waals surface area contributed by atoms with Crippen molar-refractivity contribution in [2.45, 2.75) is 12.8 Å². The van der Waals surface area contributed by atoms with E-state index in [-0.39, 0.29) is 5.69 Å². The van der Waals surface area contributed by atoms with Crippen LogP contribution in [0, 0.1) is 6.92 Å². The van der Waals surface area contributed by atoms with Gasteiger partial charge < -0.3 is 11.1 Å². The van der Waals surface area contributed by atoms with E-state index >= 15 is 0 Å². The third-order valence-corrected chi connectivity index (χ3v) is 1.82. The third kappa shape index (κ3) is 3.50. The molecule has 0 atom stereocenters. The lowest BCUT2D eigenvalue weighted by Gasteiger charge is -2.13. The first-order chi connectivity index (χ1) is 7.44. The van der Waals surface area contributed by atoms with Crippen LogP contribution in [-0.4, -0.2) is 34.9 Å². The number of nitrogens with two attached hydrogens (primary N) is 1. The molecule has 0 unspecified atom stereocenters. The second kappa shape index (κ2) is 4.93. The average molecular weight is 230 g/mol. The molecule has 0 aromatic carbocycles. The monoisotopic (exact) mass is 230 g/mol. The molecule has 88 valence electrons. The van der Waals surface area contributed by atoms with Crippen LogP contribution in [0.5, 0.6) is 0 Å². The number of nitrogens with zero attached hydrogens (tertiary/aromatic N) is 2. The van der Waals surface area contributed by atoms with Crippen LogP contribution in [0.4, 0.5) is 8.78 Å². The quantitative estimate of drug-likeness (QED) is 0.769. The van der Waals surface area contributed by atoms with E-state index in [0.717, 1.165) is 0 Å². The van der Waals surface area contributed by atoms with Crippen molar-refractivity contribution >= 4 is 5.91 Å². The Hall–Kier alpha value is -1.63. The molecule has 1 aromatic heterocycles. The van der Waals surface area contributed by atoms with Crippen molar-refractivity contribution in [2.75, 3.05) is 13.1 Å². The van der Waals surface area contributed by atoms with E-state index < -0.39 is 24.9 Å². The van der Waals surface area contributed by atoms with E-state index in [1.807, 2.05) is 5.32 Å². The normalized spacial score (nSPS) is 11.2. The lowest BCUT2D eigenvalue weighted by molar-refractivity contribution is 0.0118. The van der Waals surface area contributed by atoms with Gasteiger partial charge in [-0.3, -0.25) is 9.78 Å². The van der Waals surface area contributed by atoms with Crippen molar-refractivity contribution in [3.8, 4) is 0 Å². The van der Waals surface area contributed by atoms with Crippen LogP contribution in [0.15, 0.2) is 12.4 Å². The van der Waals surface area contributed by atoms with E-state index in [0.29, 0.717) is 5.69 Å². The summed E-state index contributed by atoms with van der Waals surface area (Å²) in [6, 6.07) is 0. The second-order valence-corrected chi connectivity index (χ2v) is 3.29. The highest BCUT2D eigenvalue weighted by Gasteiger charge is 2.27. The summed E-state index contributed by atoms with van der Waals surface area (Å²) in [6.45, 7) is 0.0853. The van der Waals surface area contributed by atoms with E-state index in [1.165, 1.54) is 12.4 Å². The molecule has 0 spiro atoms. The number of amides is 1. The Kier molecular flexibility index (Phi) is 3.83. The summed E-state index contributed by atoms with van der Waals surface area (Å²) in [7, 11) is 0. The minimum Gasteiger partial charge on any atom is -0.345 e. The first-order valence-electron chi connectivity index (χ1n) is 4.59. The first-order valence-corrected chi connectivity index (χ1v) is 4.59. The van der Waals surface area contributed by atoms with Gasteiger partial charge in [0.2, 0.25) is 0 Å². The molecule has 5 nitrogen and oxygen atoms in total. The van der Waals surface area contributed by atoms with Gasteiger partial charge in [0.15, 0.2) is 0 Å². The number of rotatable bonds is 4. The highest BCUT2D eigenvalue weighted by molar-refractivity contribution is 5.91. The fourth-order valence-electron chi connectivity index (χ4n) is 0.882. The summed E-state index contributed by atoms with van der Waals surface area (Å²) in [5.41, 5.74) is 5.46. The van der Waals surface area contributed by atoms with Crippen molar-refractivity contribution in [1.29, 1.82) is 0 Å². The van der Waals surface area contributed by atoms with Crippen LogP contribution < -0.4 is 11.1 Å². The molecule has 0 aliphatic heterocycles. The fraction of sp³-hybridized carbons (Fsp3) is 0.444. The fourth-order valence-corrected chi connectivity index (χ4v) is 0.882. The molecule has 1 amide bonds. The molecule has 1 rings (SSSR count). The summed E-state index contributed by atoms with van der Waals surface area (Å²) in [4.78, 5) is 18.9. The summed E-state index contributed by atoms with van der Waals surface area (Å²) >= 11 is 0. The molecular weight excluding hydrogens is 218 g/mol. The molecule has 0 fully saturated rings. The lowest BCUT2D eigenvalue weighted by Crippen LogP contribution is -2.41. The van der Waals surface area contributed by atoms with Gasteiger partial charge in [-0.1, -0.05) is 0 Å². The zero-order valence-electron chi connectivity index (χ0n) is 8.70. The largest absolute Gasteiger partial charge is 0.345 e. The molecule has 1 heterocycles. The van der Waals surface area contributed by atoms with Crippen LogP contribution in [0.25, 0.3) is 0 Å². The van der Waals surface area contributed by atoms with Gasteiger partial charge in [-0.15, -0.1) is 0 Å². The standard InChI is InChI=1S/C9H12F2N4O/c1-6-2-14-7(3-13-6)8(16)15-5-9(10,11)4-12/h2-3H,4-5,12H2,1H3,(H,15,16). The molecule has 0 bridgehead atoms. The zero-order chi connectivity index (χ0) is 12.2. The zero-order valence-corrected chi connectivity index (χ0v) is 8.70. The van der Waals surface area contributed by atoms with Gasteiger partial charge in [0, 0.05) is 6.20 Å². The van der Waals surface area contributed by atoms with Crippen LogP contribution >= 0.6 is 0 Å². The number of alkyl halides is 2. The number of carbonyl (C=O) groups is 1. The van der Waals surface area contributed by atoms with Gasteiger partial charge in [0.25, 0.3) is 11.8 Å². The van der Waals surface area contributed by atoms with Crippen molar-refractivity contribution in [3.63, 3.8) is 0 Å². The molecule has 0 aliphatic rings. The number of hydrogen-bond donors (Lipinski definition) is 2. The first kappa shape index (κ1) is 12.4. The molecule has 0 aliphatic carbocycles. The van der Waals surface area contributed by atoms with Gasteiger partial charge in [-0.25, -0.2) is 13.8 Å². The van der Waals surface area contributed by atoms with Crippen molar-refractivity contribution in [1.82, 2.24) is 15.3 Å². The minimum atomic E-state index is -3.10. The van der Waals surface area contributed by atoms with Crippen LogP contribution in [-0.2, 0) is 0 Å². The maximum Gasteiger partial charge on any atom is 0.277 e. The van der Waals surface area contributed by atoms with Crippen molar-refractivity contribution in [3.05, 3.63) is 23.8 Å². The van der Waals surface area contributed by atoms with Gasteiger partial charge in [0.1, 0.15) is 5.69 Å². The third-order valence-electron chi connectivity index (χ3n) is 1.82.